The average molecular weight is 394 g/mol. The number of anilines is 1. The van der Waals surface area contributed by atoms with Gasteiger partial charge in [-0.2, -0.15) is 4.72 Å². The van der Waals surface area contributed by atoms with Crippen molar-refractivity contribution in [1.29, 1.82) is 0 Å². The van der Waals surface area contributed by atoms with Gasteiger partial charge in [-0.05, 0) is 42.7 Å². The van der Waals surface area contributed by atoms with E-state index in [1.165, 1.54) is 12.1 Å². The summed E-state index contributed by atoms with van der Waals surface area (Å²) >= 11 is 0. The number of hydrogen-bond donors (Lipinski definition) is 2. The standard InChI is InChI=1S/C22H22N2O3S/c1-17-10-8-9-15-20(17)23-22(25)21(16-18-11-4-2-5-12-18)24-28(26,27)19-13-6-3-7-14-19/h2-15,21,24H,16H2,1H3,(H,23,25)/t21-/m1/s1. The molecule has 1 atom stereocenters. The summed E-state index contributed by atoms with van der Waals surface area (Å²) in [5.74, 6) is -0.405. The highest BCUT2D eigenvalue weighted by molar-refractivity contribution is 7.89. The zero-order valence-corrected chi connectivity index (χ0v) is 16.3. The van der Waals surface area contributed by atoms with Gasteiger partial charge in [-0.3, -0.25) is 4.79 Å². The van der Waals surface area contributed by atoms with E-state index in [1.54, 1.807) is 24.3 Å². The molecule has 0 bridgehead atoms. The molecule has 28 heavy (non-hydrogen) atoms. The van der Waals surface area contributed by atoms with Gasteiger partial charge in [0.25, 0.3) is 0 Å². The lowest BCUT2D eigenvalue weighted by Crippen LogP contribution is -2.45. The van der Waals surface area contributed by atoms with Crippen molar-refractivity contribution in [3.8, 4) is 0 Å². The molecule has 0 spiro atoms. The van der Waals surface area contributed by atoms with Crippen LogP contribution < -0.4 is 10.0 Å². The number of para-hydroxylation sites is 1. The Morgan fingerprint density at radius 1 is 0.857 bits per heavy atom. The van der Waals surface area contributed by atoms with E-state index in [9.17, 15) is 13.2 Å². The fourth-order valence-corrected chi connectivity index (χ4v) is 4.04. The van der Waals surface area contributed by atoms with Crippen LogP contribution in [-0.4, -0.2) is 20.4 Å². The topological polar surface area (TPSA) is 75.3 Å². The molecule has 0 aliphatic heterocycles. The SMILES string of the molecule is Cc1ccccc1NC(=O)[C@@H](Cc1ccccc1)NS(=O)(=O)c1ccccc1. The summed E-state index contributed by atoms with van der Waals surface area (Å²) in [6, 6.07) is 23.8. The van der Waals surface area contributed by atoms with Crippen LogP contribution in [0.25, 0.3) is 0 Å². The fraction of sp³-hybridized carbons (Fsp3) is 0.136. The number of aryl methyl sites for hydroxylation is 1. The van der Waals surface area contributed by atoms with Gasteiger partial charge < -0.3 is 5.32 Å². The first-order chi connectivity index (χ1) is 13.5. The third-order valence-corrected chi connectivity index (χ3v) is 5.84. The third kappa shape index (κ3) is 5.06. The summed E-state index contributed by atoms with van der Waals surface area (Å²) in [7, 11) is -3.84. The van der Waals surface area contributed by atoms with Crippen molar-refractivity contribution in [1.82, 2.24) is 4.72 Å². The summed E-state index contributed by atoms with van der Waals surface area (Å²) in [5.41, 5.74) is 2.42. The molecule has 0 aliphatic carbocycles. The van der Waals surface area contributed by atoms with Gasteiger partial charge in [0.2, 0.25) is 15.9 Å². The molecule has 2 N–H and O–H groups in total. The summed E-state index contributed by atoms with van der Waals surface area (Å²) in [6.45, 7) is 1.88. The number of rotatable bonds is 7. The molecule has 3 rings (SSSR count). The number of nitrogens with one attached hydrogen (secondary N) is 2. The second-order valence-electron chi connectivity index (χ2n) is 6.48. The number of carbonyl (C=O) groups is 1. The molecular formula is C22H22N2O3S. The van der Waals surface area contributed by atoms with Crippen LogP contribution >= 0.6 is 0 Å². The predicted molar refractivity (Wildman–Crippen MR) is 111 cm³/mol. The lowest BCUT2D eigenvalue weighted by Gasteiger charge is -2.19. The Morgan fingerprint density at radius 2 is 1.43 bits per heavy atom. The van der Waals surface area contributed by atoms with E-state index in [1.807, 2.05) is 55.5 Å². The van der Waals surface area contributed by atoms with Crippen LogP contribution in [0.1, 0.15) is 11.1 Å². The van der Waals surface area contributed by atoms with Crippen molar-refractivity contribution >= 4 is 21.6 Å². The molecule has 0 radical (unpaired) electrons. The van der Waals surface area contributed by atoms with Crippen LogP contribution in [-0.2, 0) is 21.2 Å². The second-order valence-corrected chi connectivity index (χ2v) is 8.19. The van der Waals surface area contributed by atoms with Crippen molar-refractivity contribution in [2.75, 3.05) is 5.32 Å². The van der Waals surface area contributed by atoms with E-state index in [0.717, 1.165) is 11.1 Å². The maximum Gasteiger partial charge on any atom is 0.242 e. The number of amides is 1. The minimum absolute atomic E-state index is 0.122. The Bertz CT molecular complexity index is 1040. The summed E-state index contributed by atoms with van der Waals surface area (Å²) < 4.78 is 28.1. The highest BCUT2D eigenvalue weighted by Gasteiger charge is 2.26. The van der Waals surface area contributed by atoms with Gasteiger partial charge in [0.05, 0.1) is 4.90 Å². The molecule has 0 fully saturated rings. The van der Waals surface area contributed by atoms with Crippen LogP contribution in [0.2, 0.25) is 0 Å². The van der Waals surface area contributed by atoms with Gasteiger partial charge in [0, 0.05) is 5.69 Å². The van der Waals surface area contributed by atoms with E-state index < -0.39 is 22.0 Å². The van der Waals surface area contributed by atoms with E-state index in [4.69, 9.17) is 0 Å². The zero-order chi connectivity index (χ0) is 20.0. The molecular weight excluding hydrogens is 372 g/mol. The lowest BCUT2D eigenvalue weighted by molar-refractivity contribution is -0.117. The van der Waals surface area contributed by atoms with Crippen molar-refractivity contribution in [2.24, 2.45) is 0 Å². The average Bonchev–Trinajstić information content (AvgIpc) is 2.70. The molecule has 0 saturated heterocycles. The molecule has 144 valence electrons. The van der Waals surface area contributed by atoms with Crippen LogP contribution in [0, 0.1) is 6.92 Å². The Morgan fingerprint density at radius 3 is 2.07 bits per heavy atom. The Labute approximate surface area is 165 Å². The molecule has 1 amide bonds. The minimum Gasteiger partial charge on any atom is -0.324 e. The van der Waals surface area contributed by atoms with E-state index in [-0.39, 0.29) is 11.3 Å². The Balaban J connectivity index is 1.86. The first kappa shape index (κ1) is 19.8. The maximum absolute atomic E-state index is 12.9. The third-order valence-electron chi connectivity index (χ3n) is 4.35. The minimum atomic E-state index is -3.84. The molecule has 0 aromatic heterocycles. The predicted octanol–water partition coefficient (Wildman–Crippen LogP) is 3.52. The van der Waals surface area contributed by atoms with Gasteiger partial charge in [-0.15, -0.1) is 0 Å². The van der Waals surface area contributed by atoms with Crippen LogP contribution in [0.15, 0.2) is 89.8 Å². The molecule has 0 saturated carbocycles. The van der Waals surface area contributed by atoms with E-state index >= 15 is 0 Å². The summed E-state index contributed by atoms with van der Waals surface area (Å²) in [4.78, 5) is 13.1. The second kappa shape index (κ2) is 8.82. The highest BCUT2D eigenvalue weighted by Crippen LogP contribution is 2.16. The normalized spacial score (nSPS) is 12.3. The highest BCUT2D eigenvalue weighted by atomic mass is 32.2. The van der Waals surface area contributed by atoms with E-state index in [0.29, 0.717) is 5.69 Å². The summed E-state index contributed by atoms with van der Waals surface area (Å²) in [5, 5.41) is 2.84. The van der Waals surface area contributed by atoms with Gasteiger partial charge in [-0.1, -0.05) is 66.7 Å². The van der Waals surface area contributed by atoms with Crippen molar-refractivity contribution in [3.63, 3.8) is 0 Å². The zero-order valence-electron chi connectivity index (χ0n) is 15.5. The number of benzene rings is 3. The number of carbonyl (C=O) groups excluding carboxylic acids is 1. The van der Waals surface area contributed by atoms with Crippen molar-refractivity contribution in [3.05, 3.63) is 96.1 Å². The van der Waals surface area contributed by atoms with Gasteiger partial charge in [0.15, 0.2) is 0 Å². The van der Waals surface area contributed by atoms with Gasteiger partial charge in [0.1, 0.15) is 6.04 Å². The molecule has 0 unspecified atom stereocenters. The fourth-order valence-electron chi connectivity index (χ4n) is 2.83. The largest absolute Gasteiger partial charge is 0.324 e. The smallest absolute Gasteiger partial charge is 0.242 e. The van der Waals surface area contributed by atoms with Crippen molar-refractivity contribution in [2.45, 2.75) is 24.3 Å². The quantitative estimate of drug-likeness (QED) is 0.644. The van der Waals surface area contributed by atoms with E-state index in [2.05, 4.69) is 10.0 Å². The van der Waals surface area contributed by atoms with Crippen LogP contribution in [0.4, 0.5) is 5.69 Å². The lowest BCUT2D eigenvalue weighted by atomic mass is 10.1. The first-order valence-electron chi connectivity index (χ1n) is 8.93. The number of hydrogen-bond acceptors (Lipinski definition) is 3. The van der Waals surface area contributed by atoms with Gasteiger partial charge >= 0.3 is 0 Å². The molecule has 3 aromatic rings. The van der Waals surface area contributed by atoms with Crippen LogP contribution in [0.3, 0.4) is 0 Å². The molecule has 3 aromatic carbocycles. The number of sulfonamides is 1. The molecule has 5 nitrogen and oxygen atoms in total. The maximum atomic E-state index is 12.9. The van der Waals surface area contributed by atoms with Crippen molar-refractivity contribution < 1.29 is 13.2 Å². The molecule has 0 heterocycles. The monoisotopic (exact) mass is 394 g/mol. The molecule has 6 heteroatoms. The van der Waals surface area contributed by atoms with Crippen LogP contribution in [0.5, 0.6) is 0 Å². The summed E-state index contributed by atoms with van der Waals surface area (Å²) in [6.07, 6.45) is 0.241. The molecule has 0 aliphatic rings. The Kier molecular flexibility index (Phi) is 6.23. The Hall–Kier alpha value is -2.96. The van der Waals surface area contributed by atoms with Gasteiger partial charge in [-0.25, -0.2) is 8.42 Å². The first-order valence-corrected chi connectivity index (χ1v) is 10.4.